The number of nitrogens with zero attached hydrogens (tertiary/aromatic N) is 2. The lowest BCUT2D eigenvalue weighted by molar-refractivity contribution is 0.111. The Bertz CT molecular complexity index is 496. The summed E-state index contributed by atoms with van der Waals surface area (Å²) in [5, 5.41) is 3.68. The number of hydrogen-bond donors (Lipinski definition) is 1. The minimum Gasteiger partial charge on any atom is -0.308 e. The van der Waals surface area contributed by atoms with E-state index in [-0.39, 0.29) is 11.9 Å². The van der Waals surface area contributed by atoms with Gasteiger partial charge in [0.1, 0.15) is 5.82 Å². The molecule has 1 aromatic rings. The Kier molecular flexibility index (Phi) is 4.84. The lowest BCUT2D eigenvalue weighted by Crippen LogP contribution is -2.54. The summed E-state index contributed by atoms with van der Waals surface area (Å²) in [6.07, 6.45) is 1.08. The van der Waals surface area contributed by atoms with Crippen molar-refractivity contribution in [1.29, 1.82) is 0 Å². The second kappa shape index (κ2) is 6.65. The van der Waals surface area contributed by atoms with Crippen molar-refractivity contribution < 1.29 is 4.39 Å². The monoisotopic (exact) mass is 309 g/mol. The summed E-state index contributed by atoms with van der Waals surface area (Å²) in [5.74, 6) is 0.921. The maximum absolute atomic E-state index is 13.9. The average Bonchev–Trinajstić information content (AvgIpc) is 2.49. The predicted molar refractivity (Wildman–Crippen MR) is 86.4 cm³/mol. The summed E-state index contributed by atoms with van der Waals surface area (Å²) in [6, 6.07) is 6.29. The van der Waals surface area contributed by atoms with Crippen LogP contribution in [0.1, 0.15) is 18.0 Å². The number of benzene rings is 1. The Balaban J connectivity index is 1.65. The topological polar surface area (TPSA) is 18.5 Å². The molecule has 0 spiro atoms. The van der Waals surface area contributed by atoms with Gasteiger partial charge in [0.05, 0.1) is 0 Å². The highest BCUT2D eigenvalue weighted by Gasteiger charge is 2.26. The number of likely N-dealkylation sites (N-methyl/N-ethyl adjacent to an activating group) is 2. The van der Waals surface area contributed by atoms with Gasteiger partial charge in [-0.3, -0.25) is 4.90 Å². The highest BCUT2D eigenvalue weighted by molar-refractivity contribution is 7.99. The molecule has 21 heavy (non-hydrogen) atoms. The SMILES string of the molecule is CN1CCN(C)C(CNC2CCSc3c(F)cccc32)C1. The van der Waals surface area contributed by atoms with Gasteiger partial charge in [-0.15, -0.1) is 11.8 Å². The zero-order chi connectivity index (χ0) is 14.8. The lowest BCUT2D eigenvalue weighted by Gasteiger charge is -2.39. The number of hydrogen-bond acceptors (Lipinski definition) is 4. The smallest absolute Gasteiger partial charge is 0.137 e. The third kappa shape index (κ3) is 3.42. The number of nitrogens with one attached hydrogen (secondary N) is 1. The van der Waals surface area contributed by atoms with Crippen molar-refractivity contribution in [2.24, 2.45) is 0 Å². The fourth-order valence-corrected chi connectivity index (χ4v) is 4.34. The molecule has 1 N–H and O–H groups in total. The fourth-order valence-electron chi connectivity index (χ4n) is 3.20. The van der Waals surface area contributed by atoms with Gasteiger partial charge in [0.2, 0.25) is 0 Å². The van der Waals surface area contributed by atoms with Crippen LogP contribution in [-0.2, 0) is 0 Å². The van der Waals surface area contributed by atoms with Gasteiger partial charge in [0.15, 0.2) is 0 Å². The number of halogens is 1. The molecule has 5 heteroatoms. The van der Waals surface area contributed by atoms with E-state index >= 15 is 0 Å². The Labute approximate surface area is 130 Å². The van der Waals surface area contributed by atoms with Gasteiger partial charge >= 0.3 is 0 Å². The summed E-state index contributed by atoms with van der Waals surface area (Å²) in [6.45, 7) is 4.32. The van der Waals surface area contributed by atoms with Gasteiger partial charge in [-0.05, 0) is 37.9 Å². The highest BCUT2D eigenvalue weighted by Crippen LogP contribution is 2.37. The van der Waals surface area contributed by atoms with Crippen molar-refractivity contribution in [3.63, 3.8) is 0 Å². The molecule has 1 aromatic carbocycles. The molecule has 2 atom stereocenters. The third-order valence-electron chi connectivity index (χ3n) is 4.61. The number of thioether (sulfide) groups is 1. The molecule has 2 aliphatic heterocycles. The maximum atomic E-state index is 13.9. The van der Waals surface area contributed by atoms with Crippen molar-refractivity contribution in [2.75, 3.05) is 46.0 Å². The Morgan fingerprint density at radius 3 is 3.05 bits per heavy atom. The summed E-state index contributed by atoms with van der Waals surface area (Å²) in [7, 11) is 4.38. The standard InChI is InChI=1S/C16H24FN3S/c1-19-7-8-20(2)12(11-19)10-18-15-6-9-21-16-13(15)4-3-5-14(16)17/h3-5,12,15,18H,6-11H2,1-2H3. The van der Waals surface area contributed by atoms with Crippen LogP contribution in [0.4, 0.5) is 4.39 Å². The van der Waals surface area contributed by atoms with Crippen LogP contribution in [0.3, 0.4) is 0 Å². The van der Waals surface area contributed by atoms with Crippen molar-refractivity contribution in [1.82, 2.24) is 15.1 Å². The number of rotatable bonds is 3. The molecule has 2 unspecified atom stereocenters. The first kappa shape index (κ1) is 15.3. The summed E-state index contributed by atoms with van der Waals surface area (Å²) < 4.78 is 13.9. The number of piperazine rings is 1. The first-order chi connectivity index (χ1) is 10.1. The molecular formula is C16H24FN3S. The van der Waals surface area contributed by atoms with Gasteiger partial charge in [-0.2, -0.15) is 0 Å². The summed E-state index contributed by atoms with van der Waals surface area (Å²) in [5.41, 5.74) is 1.14. The molecule has 0 amide bonds. The molecular weight excluding hydrogens is 285 g/mol. The number of fused-ring (bicyclic) bond motifs is 1. The Morgan fingerprint density at radius 2 is 2.19 bits per heavy atom. The van der Waals surface area contributed by atoms with Gasteiger partial charge < -0.3 is 10.2 Å². The largest absolute Gasteiger partial charge is 0.308 e. The lowest BCUT2D eigenvalue weighted by atomic mass is 10.0. The molecule has 0 aliphatic carbocycles. The highest BCUT2D eigenvalue weighted by atomic mass is 32.2. The van der Waals surface area contributed by atoms with Crippen LogP contribution in [-0.4, -0.2) is 61.9 Å². The molecule has 0 aromatic heterocycles. The minimum absolute atomic E-state index is 0.0708. The van der Waals surface area contributed by atoms with Crippen molar-refractivity contribution in [2.45, 2.75) is 23.4 Å². The van der Waals surface area contributed by atoms with E-state index in [1.165, 1.54) is 0 Å². The van der Waals surface area contributed by atoms with E-state index in [0.717, 1.165) is 48.8 Å². The van der Waals surface area contributed by atoms with Gasteiger partial charge in [0, 0.05) is 43.2 Å². The molecule has 2 heterocycles. The quantitative estimate of drug-likeness (QED) is 0.922. The normalized spacial score (nSPS) is 27.6. The van der Waals surface area contributed by atoms with Crippen LogP contribution in [0.2, 0.25) is 0 Å². The van der Waals surface area contributed by atoms with Crippen LogP contribution >= 0.6 is 11.8 Å². The van der Waals surface area contributed by atoms with Gasteiger partial charge in [-0.1, -0.05) is 12.1 Å². The maximum Gasteiger partial charge on any atom is 0.137 e. The van der Waals surface area contributed by atoms with E-state index in [1.54, 1.807) is 17.8 Å². The van der Waals surface area contributed by atoms with Crippen molar-refractivity contribution in [3.8, 4) is 0 Å². The molecule has 2 aliphatic rings. The van der Waals surface area contributed by atoms with E-state index in [9.17, 15) is 4.39 Å². The molecule has 1 fully saturated rings. The van der Waals surface area contributed by atoms with E-state index in [0.29, 0.717) is 6.04 Å². The fraction of sp³-hybridized carbons (Fsp3) is 0.625. The van der Waals surface area contributed by atoms with Crippen LogP contribution in [0.5, 0.6) is 0 Å². The van der Waals surface area contributed by atoms with Gasteiger partial charge in [0.25, 0.3) is 0 Å². The van der Waals surface area contributed by atoms with E-state index in [4.69, 9.17) is 0 Å². The first-order valence-corrected chi connectivity index (χ1v) is 8.67. The summed E-state index contributed by atoms with van der Waals surface area (Å²) >= 11 is 1.65. The molecule has 0 radical (unpaired) electrons. The molecule has 1 saturated heterocycles. The molecule has 3 rings (SSSR count). The van der Waals surface area contributed by atoms with Crippen LogP contribution in [0.25, 0.3) is 0 Å². The minimum atomic E-state index is -0.0708. The van der Waals surface area contributed by atoms with Crippen LogP contribution in [0, 0.1) is 5.82 Å². The molecule has 0 saturated carbocycles. The molecule has 116 valence electrons. The second-order valence-electron chi connectivity index (χ2n) is 6.15. The van der Waals surface area contributed by atoms with Crippen LogP contribution in [0.15, 0.2) is 23.1 Å². The zero-order valence-corrected chi connectivity index (χ0v) is 13.6. The summed E-state index contributed by atoms with van der Waals surface area (Å²) in [4.78, 5) is 5.66. The van der Waals surface area contributed by atoms with E-state index in [1.807, 2.05) is 6.07 Å². The Hall–Kier alpha value is -0.620. The Morgan fingerprint density at radius 1 is 1.33 bits per heavy atom. The predicted octanol–water partition coefficient (Wildman–Crippen LogP) is 2.20. The first-order valence-electron chi connectivity index (χ1n) is 7.68. The van der Waals surface area contributed by atoms with Crippen molar-refractivity contribution in [3.05, 3.63) is 29.6 Å². The zero-order valence-electron chi connectivity index (χ0n) is 12.8. The van der Waals surface area contributed by atoms with Crippen LogP contribution < -0.4 is 5.32 Å². The van der Waals surface area contributed by atoms with Gasteiger partial charge in [-0.25, -0.2) is 4.39 Å². The third-order valence-corrected chi connectivity index (χ3v) is 5.77. The van der Waals surface area contributed by atoms with E-state index < -0.39 is 0 Å². The van der Waals surface area contributed by atoms with E-state index in [2.05, 4.69) is 35.3 Å². The molecule has 3 nitrogen and oxygen atoms in total. The second-order valence-corrected chi connectivity index (χ2v) is 7.26. The average molecular weight is 309 g/mol. The van der Waals surface area contributed by atoms with Crippen molar-refractivity contribution >= 4 is 11.8 Å². The molecule has 0 bridgehead atoms.